The molecular formula is C14H16ClF2NO. The summed E-state index contributed by atoms with van der Waals surface area (Å²) in [7, 11) is 0. The van der Waals surface area contributed by atoms with Crippen LogP contribution in [0.1, 0.15) is 24.3 Å². The fourth-order valence-corrected chi connectivity index (χ4v) is 3.74. The van der Waals surface area contributed by atoms with E-state index in [0.29, 0.717) is 24.2 Å². The van der Waals surface area contributed by atoms with E-state index in [0.717, 1.165) is 13.1 Å². The fraction of sp³-hybridized carbons (Fsp3) is 0.571. The van der Waals surface area contributed by atoms with Crippen molar-refractivity contribution in [2.24, 2.45) is 5.92 Å². The average molecular weight is 288 g/mol. The second-order valence-electron chi connectivity index (χ2n) is 5.58. The predicted octanol–water partition coefficient (Wildman–Crippen LogP) is 2.97. The van der Waals surface area contributed by atoms with Gasteiger partial charge in [-0.25, -0.2) is 8.78 Å². The Morgan fingerprint density at radius 2 is 1.84 bits per heavy atom. The molecule has 19 heavy (non-hydrogen) atoms. The van der Waals surface area contributed by atoms with Crippen molar-refractivity contribution in [1.29, 1.82) is 0 Å². The van der Waals surface area contributed by atoms with Crippen molar-refractivity contribution in [2.75, 3.05) is 13.1 Å². The minimum absolute atomic E-state index is 0. The van der Waals surface area contributed by atoms with Gasteiger partial charge in [0.15, 0.2) is 0 Å². The largest absolute Gasteiger partial charge is 0.486 e. The molecule has 0 radical (unpaired) electrons. The summed E-state index contributed by atoms with van der Waals surface area (Å²) in [6, 6.07) is 7.27. The van der Waals surface area contributed by atoms with Crippen LogP contribution in [-0.2, 0) is 0 Å². The molecular weight excluding hydrogens is 272 g/mol. The molecule has 1 aliphatic carbocycles. The van der Waals surface area contributed by atoms with Gasteiger partial charge in [-0.15, -0.1) is 12.4 Å². The molecule has 2 unspecified atom stereocenters. The topological polar surface area (TPSA) is 21.3 Å². The molecule has 5 heteroatoms. The molecule has 0 bridgehead atoms. The van der Waals surface area contributed by atoms with Crippen LogP contribution in [0.4, 0.5) is 8.78 Å². The molecule has 1 aromatic carbocycles. The maximum absolute atomic E-state index is 14.1. The number of rotatable bonds is 0. The SMILES string of the molecule is Cl.FC1(F)C2c3ccccc3OC3(CCNCC3)C21. The van der Waals surface area contributed by atoms with Gasteiger partial charge < -0.3 is 10.1 Å². The van der Waals surface area contributed by atoms with Crippen LogP contribution in [0, 0.1) is 5.92 Å². The van der Waals surface area contributed by atoms with Gasteiger partial charge in [-0.1, -0.05) is 18.2 Å². The number of benzene rings is 1. The first-order valence-electron chi connectivity index (χ1n) is 6.52. The van der Waals surface area contributed by atoms with Crippen LogP contribution in [-0.4, -0.2) is 24.6 Å². The zero-order chi connectivity index (χ0) is 12.4. The third-order valence-electron chi connectivity index (χ3n) is 4.64. The van der Waals surface area contributed by atoms with E-state index >= 15 is 0 Å². The number of hydrogen-bond acceptors (Lipinski definition) is 2. The van der Waals surface area contributed by atoms with E-state index in [2.05, 4.69) is 5.32 Å². The summed E-state index contributed by atoms with van der Waals surface area (Å²) in [4.78, 5) is 0. The molecule has 0 amide bonds. The number of para-hydroxylation sites is 1. The van der Waals surface area contributed by atoms with Gasteiger partial charge in [0.1, 0.15) is 11.4 Å². The van der Waals surface area contributed by atoms with Crippen LogP contribution in [0.3, 0.4) is 0 Å². The van der Waals surface area contributed by atoms with E-state index in [4.69, 9.17) is 4.74 Å². The highest BCUT2D eigenvalue weighted by Gasteiger charge is 2.78. The molecule has 3 aliphatic rings. The lowest BCUT2D eigenvalue weighted by Crippen LogP contribution is -2.50. The van der Waals surface area contributed by atoms with Gasteiger partial charge in [-0.05, 0) is 19.2 Å². The first-order valence-corrected chi connectivity index (χ1v) is 6.52. The smallest absolute Gasteiger partial charge is 0.263 e. The highest BCUT2D eigenvalue weighted by Crippen LogP contribution is 2.71. The van der Waals surface area contributed by atoms with Gasteiger partial charge in [-0.3, -0.25) is 0 Å². The van der Waals surface area contributed by atoms with Crippen molar-refractivity contribution in [2.45, 2.75) is 30.3 Å². The maximum Gasteiger partial charge on any atom is 0.263 e. The molecule has 2 aliphatic heterocycles. The summed E-state index contributed by atoms with van der Waals surface area (Å²) in [5.41, 5.74) is 0.0463. The van der Waals surface area contributed by atoms with Crippen LogP contribution in [0.2, 0.25) is 0 Å². The number of fused-ring (bicyclic) bond motifs is 4. The second-order valence-corrected chi connectivity index (χ2v) is 5.58. The van der Waals surface area contributed by atoms with Gasteiger partial charge in [0.05, 0.1) is 11.8 Å². The van der Waals surface area contributed by atoms with Crippen LogP contribution in [0.15, 0.2) is 24.3 Å². The number of hydrogen-bond donors (Lipinski definition) is 1. The normalized spacial score (nSPS) is 32.5. The lowest BCUT2D eigenvalue weighted by Gasteiger charge is -2.41. The highest BCUT2D eigenvalue weighted by molar-refractivity contribution is 5.85. The summed E-state index contributed by atoms with van der Waals surface area (Å²) in [5.74, 6) is -3.18. The maximum atomic E-state index is 14.1. The molecule has 2 nitrogen and oxygen atoms in total. The summed E-state index contributed by atoms with van der Waals surface area (Å²) < 4.78 is 34.2. The highest BCUT2D eigenvalue weighted by atomic mass is 35.5. The van der Waals surface area contributed by atoms with Crippen molar-refractivity contribution >= 4 is 12.4 Å². The van der Waals surface area contributed by atoms with Gasteiger partial charge in [0, 0.05) is 18.4 Å². The van der Waals surface area contributed by atoms with Crippen LogP contribution < -0.4 is 10.1 Å². The molecule has 0 aromatic heterocycles. The quantitative estimate of drug-likeness (QED) is 0.792. The third kappa shape index (κ3) is 1.62. The van der Waals surface area contributed by atoms with Gasteiger partial charge in [0.25, 0.3) is 5.92 Å². The fourth-order valence-electron chi connectivity index (χ4n) is 3.74. The Labute approximate surface area is 116 Å². The minimum atomic E-state index is -2.59. The van der Waals surface area contributed by atoms with Crippen LogP contribution in [0.5, 0.6) is 5.75 Å². The monoisotopic (exact) mass is 287 g/mol. The van der Waals surface area contributed by atoms with Crippen molar-refractivity contribution < 1.29 is 13.5 Å². The Kier molecular flexibility index (Phi) is 2.81. The van der Waals surface area contributed by atoms with Crippen molar-refractivity contribution in [3.63, 3.8) is 0 Å². The van der Waals surface area contributed by atoms with Crippen molar-refractivity contribution in [3.8, 4) is 5.75 Å². The van der Waals surface area contributed by atoms with Crippen LogP contribution in [0.25, 0.3) is 0 Å². The molecule has 1 spiro atoms. The molecule has 1 aromatic rings. The number of ether oxygens (including phenoxy) is 1. The van der Waals surface area contributed by atoms with E-state index in [9.17, 15) is 8.78 Å². The van der Waals surface area contributed by atoms with Crippen LogP contribution >= 0.6 is 12.4 Å². The third-order valence-corrected chi connectivity index (χ3v) is 4.64. The lowest BCUT2D eigenvalue weighted by atomic mass is 9.83. The number of nitrogens with one attached hydrogen (secondary N) is 1. The summed E-state index contributed by atoms with van der Waals surface area (Å²) in [5, 5.41) is 3.22. The van der Waals surface area contributed by atoms with Gasteiger partial charge in [-0.2, -0.15) is 0 Å². The minimum Gasteiger partial charge on any atom is -0.486 e. The Morgan fingerprint density at radius 1 is 1.16 bits per heavy atom. The van der Waals surface area contributed by atoms with Crippen molar-refractivity contribution in [3.05, 3.63) is 29.8 Å². The zero-order valence-electron chi connectivity index (χ0n) is 10.4. The molecule has 1 saturated carbocycles. The predicted molar refractivity (Wildman–Crippen MR) is 70.3 cm³/mol. The summed E-state index contributed by atoms with van der Waals surface area (Å²) in [6.45, 7) is 1.53. The van der Waals surface area contributed by atoms with E-state index in [1.807, 2.05) is 18.2 Å². The number of alkyl halides is 2. The van der Waals surface area contributed by atoms with E-state index in [1.165, 1.54) is 0 Å². The second kappa shape index (κ2) is 4.06. The van der Waals surface area contributed by atoms with E-state index < -0.39 is 23.4 Å². The molecule has 2 fully saturated rings. The Bertz CT molecular complexity index is 502. The van der Waals surface area contributed by atoms with E-state index in [-0.39, 0.29) is 12.4 Å². The molecule has 1 N–H and O–H groups in total. The molecule has 104 valence electrons. The molecule has 1 saturated heterocycles. The first kappa shape index (κ1) is 13.1. The van der Waals surface area contributed by atoms with Gasteiger partial charge in [0.2, 0.25) is 0 Å². The van der Waals surface area contributed by atoms with Gasteiger partial charge >= 0.3 is 0 Å². The van der Waals surface area contributed by atoms with Crippen molar-refractivity contribution in [1.82, 2.24) is 5.32 Å². The zero-order valence-corrected chi connectivity index (χ0v) is 11.2. The number of piperidine rings is 1. The molecule has 2 heterocycles. The number of halogens is 3. The summed E-state index contributed by atoms with van der Waals surface area (Å²) >= 11 is 0. The lowest BCUT2D eigenvalue weighted by molar-refractivity contribution is -0.0301. The summed E-state index contributed by atoms with van der Waals surface area (Å²) in [6.07, 6.45) is 1.36. The Hall–Kier alpha value is -0.870. The first-order chi connectivity index (χ1) is 8.65. The Morgan fingerprint density at radius 3 is 2.58 bits per heavy atom. The molecule has 2 atom stereocenters. The Balaban J connectivity index is 0.00000110. The standard InChI is InChI=1S/C14H15F2NO.ClH/c15-14(16)11-9-3-1-2-4-10(9)18-13(12(11)14)5-7-17-8-6-13;/h1-4,11-12,17H,5-8H2;1H. The molecule has 4 rings (SSSR count). The average Bonchev–Trinajstić information content (AvgIpc) is 2.96. The van der Waals surface area contributed by atoms with E-state index in [1.54, 1.807) is 6.07 Å².